The van der Waals surface area contributed by atoms with Crippen LogP contribution in [0.4, 0.5) is 0 Å². The zero-order chi connectivity index (χ0) is 13.0. The highest BCUT2D eigenvalue weighted by atomic mass is 16.4. The molecule has 0 aliphatic rings. The molecule has 0 aliphatic heterocycles. The molecule has 0 saturated carbocycles. The minimum absolute atomic E-state index is 0.216. The number of rotatable bonds is 5. The molecular formula is C15H18O3. The Labute approximate surface area is 106 Å². The molecule has 0 atom stereocenters. The number of unbranched alkanes of at least 4 members (excludes halogenated alkanes) is 3. The monoisotopic (exact) mass is 246 g/mol. The zero-order valence-corrected chi connectivity index (χ0v) is 10.6. The summed E-state index contributed by atoms with van der Waals surface area (Å²) in [6.45, 7) is 2.18. The SMILES string of the molecule is CCCCCCc1cc2ccc(=O)oc2cc1O. The molecule has 2 rings (SSSR count). The van der Waals surface area contributed by atoms with Gasteiger partial charge in [0.1, 0.15) is 11.3 Å². The maximum absolute atomic E-state index is 11.1. The van der Waals surface area contributed by atoms with Crippen LogP contribution in [0.25, 0.3) is 11.0 Å². The van der Waals surface area contributed by atoms with Gasteiger partial charge in [-0.3, -0.25) is 0 Å². The van der Waals surface area contributed by atoms with Crippen molar-refractivity contribution in [2.24, 2.45) is 0 Å². The average Bonchev–Trinajstić information content (AvgIpc) is 2.35. The Morgan fingerprint density at radius 1 is 1.17 bits per heavy atom. The van der Waals surface area contributed by atoms with E-state index in [-0.39, 0.29) is 5.75 Å². The summed E-state index contributed by atoms with van der Waals surface area (Å²) >= 11 is 0. The summed E-state index contributed by atoms with van der Waals surface area (Å²) in [4.78, 5) is 11.1. The van der Waals surface area contributed by atoms with Crippen LogP contribution < -0.4 is 5.63 Å². The average molecular weight is 246 g/mol. The Morgan fingerprint density at radius 2 is 2.00 bits per heavy atom. The van der Waals surface area contributed by atoms with E-state index < -0.39 is 5.63 Å². The van der Waals surface area contributed by atoms with Crippen LogP contribution in [0.1, 0.15) is 38.2 Å². The number of phenols is 1. The third kappa shape index (κ3) is 2.92. The molecule has 3 heteroatoms. The Kier molecular flexibility index (Phi) is 4.03. The van der Waals surface area contributed by atoms with Crippen LogP contribution in [0.5, 0.6) is 5.75 Å². The molecule has 0 amide bonds. The molecule has 0 radical (unpaired) electrons. The second-order valence-electron chi connectivity index (χ2n) is 4.58. The van der Waals surface area contributed by atoms with Gasteiger partial charge in [-0.2, -0.15) is 0 Å². The van der Waals surface area contributed by atoms with Crippen molar-refractivity contribution in [2.45, 2.75) is 39.0 Å². The fourth-order valence-electron chi connectivity index (χ4n) is 2.09. The van der Waals surface area contributed by atoms with Gasteiger partial charge in [0.15, 0.2) is 0 Å². The number of aromatic hydroxyl groups is 1. The van der Waals surface area contributed by atoms with E-state index in [2.05, 4.69) is 6.92 Å². The van der Waals surface area contributed by atoms with Crippen LogP contribution >= 0.6 is 0 Å². The van der Waals surface area contributed by atoms with Gasteiger partial charge in [0.25, 0.3) is 0 Å². The predicted octanol–water partition coefficient (Wildman–Crippen LogP) is 3.62. The standard InChI is InChI=1S/C15H18O3/c1-2-3-4-5-6-11-9-12-7-8-15(17)18-14(12)10-13(11)16/h7-10,16H,2-6H2,1H3. The molecule has 0 saturated heterocycles. The van der Waals surface area contributed by atoms with Gasteiger partial charge in [0.2, 0.25) is 0 Å². The first kappa shape index (κ1) is 12.7. The lowest BCUT2D eigenvalue weighted by Crippen LogP contribution is -1.95. The fourth-order valence-corrected chi connectivity index (χ4v) is 2.09. The van der Waals surface area contributed by atoms with Gasteiger partial charge in [-0.1, -0.05) is 26.2 Å². The molecule has 1 aromatic carbocycles. The molecule has 96 valence electrons. The lowest BCUT2D eigenvalue weighted by Gasteiger charge is -2.06. The van der Waals surface area contributed by atoms with Crippen molar-refractivity contribution >= 4 is 11.0 Å². The molecule has 1 aromatic heterocycles. The molecule has 18 heavy (non-hydrogen) atoms. The first-order valence-corrected chi connectivity index (χ1v) is 6.46. The van der Waals surface area contributed by atoms with E-state index in [0.717, 1.165) is 23.8 Å². The van der Waals surface area contributed by atoms with E-state index in [4.69, 9.17) is 4.42 Å². The van der Waals surface area contributed by atoms with Gasteiger partial charge in [-0.05, 0) is 30.5 Å². The summed E-state index contributed by atoms with van der Waals surface area (Å²) in [6, 6.07) is 6.57. The molecule has 0 fully saturated rings. The van der Waals surface area contributed by atoms with Gasteiger partial charge in [0, 0.05) is 17.5 Å². The minimum Gasteiger partial charge on any atom is -0.508 e. The highest BCUT2D eigenvalue weighted by Gasteiger charge is 2.05. The summed E-state index contributed by atoms with van der Waals surface area (Å²) in [5.41, 5.74) is 0.974. The molecule has 2 aromatic rings. The highest BCUT2D eigenvalue weighted by Crippen LogP contribution is 2.25. The van der Waals surface area contributed by atoms with Gasteiger partial charge in [0.05, 0.1) is 0 Å². The van der Waals surface area contributed by atoms with Crippen LogP contribution in [-0.2, 0) is 6.42 Å². The second kappa shape index (κ2) is 5.71. The van der Waals surface area contributed by atoms with E-state index in [9.17, 15) is 9.90 Å². The molecule has 0 unspecified atom stereocenters. The summed E-state index contributed by atoms with van der Waals surface area (Å²) in [6.07, 6.45) is 5.54. The summed E-state index contributed by atoms with van der Waals surface area (Å²) in [5.74, 6) is 0.216. The Morgan fingerprint density at radius 3 is 2.78 bits per heavy atom. The van der Waals surface area contributed by atoms with E-state index in [1.807, 2.05) is 6.07 Å². The Hall–Kier alpha value is -1.77. The molecule has 0 spiro atoms. The zero-order valence-electron chi connectivity index (χ0n) is 10.6. The first-order valence-electron chi connectivity index (χ1n) is 6.46. The van der Waals surface area contributed by atoms with Crippen molar-refractivity contribution in [3.63, 3.8) is 0 Å². The van der Waals surface area contributed by atoms with Crippen molar-refractivity contribution < 1.29 is 9.52 Å². The highest BCUT2D eigenvalue weighted by molar-refractivity contribution is 5.79. The van der Waals surface area contributed by atoms with Gasteiger partial charge >= 0.3 is 5.63 Å². The Bertz CT molecular complexity index is 584. The Balaban J connectivity index is 2.21. The van der Waals surface area contributed by atoms with E-state index >= 15 is 0 Å². The van der Waals surface area contributed by atoms with Crippen LogP contribution in [0.3, 0.4) is 0 Å². The fraction of sp³-hybridized carbons (Fsp3) is 0.400. The molecule has 0 bridgehead atoms. The number of aryl methyl sites for hydroxylation is 1. The number of benzene rings is 1. The third-order valence-electron chi connectivity index (χ3n) is 3.12. The minimum atomic E-state index is -0.391. The number of hydrogen-bond acceptors (Lipinski definition) is 3. The van der Waals surface area contributed by atoms with Gasteiger partial charge in [-0.25, -0.2) is 4.79 Å². The number of hydrogen-bond donors (Lipinski definition) is 1. The number of fused-ring (bicyclic) bond motifs is 1. The lowest BCUT2D eigenvalue weighted by molar-refractivity contribution is 0.464. The van der Waals surface area contributed by atoms with E-state index in [0.29, 0.717) is 5.58 Å². The molecule has 3 nitrogen and oxygen atoms in total. The quantitative estimate of drug-likeness (QED) is 0.647. The normalized spacial score (nSPS) is 10.9. The predicted molar refractivity (Wildman–Crippen MR) is 72.0 cm³/mol. The molecule has 1 N–H and O–H groups in total. The summed E-state index contributed by atoms with van der Waals surface area (Å²) < 4.78 is 5.02. The van der Waals surface area contributed by atoms with E-state index in [1.54, 1.807) is 6.07 Å². The van der Waals surface area contributed by atoms with Crippen LogP contribution in [0.2, 0.25) is 0 Å². The van der Waals surface area contributed by atoms with Crippen molar-refractivity contribution in [3.05, 3.63) is 40.2 Å². The maximum atomic E-state index is 11.1. The molecule has 0 aliphatic carbocycles. The van der Waals surface area contributed by atoms with Crippen molar-refractivity contribution in [1.29, 1.82) is 0 Å². The topological polar surface area (TPSA) is 50.4 Å². The van der Waals surface area contributed by atoms with Crippen molar-refractivity contribution in [2.75, 3.05) is 0 Å². The van der Waals surface area contributed by atoms with Gasteiger partial charge in [-0.15, -0.1) is 0 Å². The summed E-state index contributed by atoms with van der Waals surface area (Å²) in [5, 5.41) is 10.8. The smallest absolute Gasteiger partial charge is 0.336 e. The molecule has 1 heterocycles. The van der Waals surface area contributed by atoms with Crippen LogP contribution in [0.15, 0.2) is 33.5 Å². The van der Waals surface area contributed by atoms with Crippen molar-refractivity contribution in [3.8, 4) is 5.75 Å². The summed E-state index contributed by atoms with van der Waals surface area (Å²) in [7, 11) is 0. The third-order valence-corrected chi connectivity index (χ3v) is 3.12. The maximum Gasteiger partial charge on any atom is 0.336 e. The van der Waals surface area contributed by atoms with Crippen LogP contribution in [-0.4, -0.2) is 5.11 Å². The lowest BCUT2D eigenvalue weighted by atomic mass is 10.0. The van der Waals surface area contributed by atoms with E-state index in [1.165, 1.54) is 31.4 Å². The van der Waals surface area contributed by atoms with Crippen molar-refractivity contribution in [1.82, 2.24) is 0 Å². The number of phenolic OH excluding ortho intramolecular Hbond substituents is 1. The first-order chi connectivity index (χ1) is 8.70. The van der Waals surface area contributed by atoms with Gasteiger partial charge < -0.3 is 9.52 Å². The second-order valence-corrected chi connectivity index (χ2v) is 4.58. The van der Waals surface area contributed by atoms with Crippen LogP contribution in [0, 0.1) is 0 Å². The molecular weight excluding hydrogens is 228 g/mol. The largest absolute Gasteiger partial charge is 0.508 e.